The van der Waals surface area contributed by atoms with Crippen molar-refractivity contribution >= 4 is 11.5 Å². The second-order valence-electron chi connectivity index (χ2n) is 5.85. The van der Waals surface area contributed by atoms with E-state index in [1.54, 1.807) is 0 Å². The molecule has 1 atom stereocenters. The number of hydrogen-bond acceptors (Lipinski definition) is 4. The van der Waals surface area contributed by atoms with Crippen molar-refractivity contribution in [2.75, 3.05) is 14.1 Å². The molecule has 1 aliphatic rings. The summed E-state index contributed by atoms with van der Waals surface area (Å²) in [5.74, 6) is -0.124. The first-order chi connectivity index (χ1) is 11.6. The summed E-state index contributed by atoms with van der Waals surface area (Å²) < 4.78 is 0. The number of hydrogen-bond donors (Lipinski definition) is 0. The molecule has 120 valence electrons. The van der Waals surface area contributed by atoms with Crippen molar-refractivity contribution < 1.29 is 4.79 Å². The van der Waals surface area contributed by atoms with Gasteiger partial charge in [-0.15, -0.1) is 0 Å². The highest BCUT2D eigenvalue weighted by atomic mass is 16.1. The maximum atomic E-state index is 12.8. The van der Waals surface area contributed by atoms with E-state index in [0.29, 0.717) is 5.70 Å². The number of allylic oxidation sites excluding steroid dienone is 1. The van der Waals surface area contributed by atoms with Crippen LogP contribution in [0.3, 0.4) is 0 Å². The van der Waals surface area contributed by atoms with Crippen LogP contribution in [0.5, 0.6) is 0 Å². The van der Waals surface area contributed by atoms with Crippen molar-refractivity contribution in [2.45, 2.75) is 12.5 Å². The van der Waals surface area contributed by atoms with Gasteiger partial charge in [-0.2, -0.15) is 5.26 Å². The van der Waals surface area contributed by atoms with Crippen molar-refractivity contribution in [1.29, 1.82) is 5.26 Å². The van der Waals surface area contributed by atoms with E-state index in [4.69, 9.17) is 0 Å². The highest BCUT2D eigenvalue weighted by Crippen LogP contribution is 2.35. The summed E-state index contributed by atoms with van der Waals surface area (Å²) in [5.41, 5.74) is 2.80. The van der Waals surface area contributed by atoms with E-state index in [9.17, 15) is 10.1 Å². The summed E-state index contributed by atoms with van der Waals surface area (Å²) in [7, 11) is 3.85. The van der Waals surface area contributed by atoms with Crippen LogP contribution in [-0.2, 0) is 4.79 Å². The molecule has 0 fully saturated rings. The summed E-state index contributed by atoms with van der Waals surface area (Å²) in [6.07, 6.45) is 0.282. The molecule has 0 unspecified atom stereocenters. The third kappa shape index (κ3) is 2.82. The van der Waals surface area contributed by atoms with Crippen molar-refractivity contribution in [2.24, 2.45) is 0 Å². The molecule has 0 saturated heterocycles. The van der Waals surface area contributed by atoms with Crippen LogP contribution in [-0.4, -0.2) is 29.9 Å². The summed E-state index contributed by atoms with van der Waals surface area (Å²) >= 11 is 0. The fourth-order valence-corrected chi connectivity index (χ4v) is 3.12. The lowest BCUT2D eigenvalue weighted by Crippen LogP contribution is -2.37. The van der Waals surface area contributed by atoms with Gasteiger partial charge in [-0.05, 0) is 5.56 Å². The van der Waals surface area contributed by atoms with Gasteiger partial charge in [0.2, 0.25) is 0 Å². The maximum absolute atomic E-state index is 12.8. The molecule has 0 saturated carbocycles. The molecule has 0 radical (unpaired) electrons. The van der Waals surface area contributed by atoms with Gasteiger partial charge in [0.15, 0.2) is 5.78 Å². The van der Waals surface area contributed by atoms with Gasteiger partial charge >= 0.3 is 0 Å². The van der Waals surface area contributed by atoms with Gasteiger partial charge in [-0.3, -0.25) is 4.79 Å². The first-order valence-electron chi connectivity index (χ1n) is 7.88. The monoisotopic (exact) mass is 317 g/mol. The predicted octanol–water partition coefficient (Wildman–Crippen LogP) is 3.41. The number of ketones is 1. The smallest absolute Gasteiger partial charge is 0.177 e. The van der Waals surface area contributed by atoms with Gasteiger partial charge in [0.25, 0.3) is 0 Å². The molecule has 0 amide bonds. The zero-order chi connectivity index (χ0) is 17.1. The van der Waals surface area contributed by atoms with Crippen LogP contribution < -0.4 is 0 Å². The Morgan fingerprint density at radius 1 is 1.00 bits per heavy atom. The van der Waals surface area contributed by atoms with E-state index in [1.165, 1.54) is 0 Å². The molecule has 1 aliphatic heterocycles. The van der Waals surface area contributed by atoms with Crippen molar-refractivity contribution in [3.63, 3.8) is 0 Å². The number of carbonyl (C=O) groups is 1. The summed E-state index contributed by atoms with van der Waals surface area (Å²) in [6.45, 7) is 0. The Morgan fingerprint density at radius 2 is 1.58 bits per heavy atom. The second kappa shape index (κ2) is 6.69. The molecule has 0 aromatic heterocycles. The minimum atomic E-state index is -0.124. The fourth-order valence-electron chi connectivity index (χ4n) is 3.12. The zero-order valence-electron chi connectivity index (χ0n) is 13.8. The molecule has 2 aromatic carbocycles. The predicted molar refractivity (Wildman–Crippen MR) is 93.3 cm³/mol. The maximum Gasteiger partial charge on any atom is 0.177 e. The largest absolute Gasteiger partial charge is 0.306 e. The van der Waals surface area contributed by atoms with E-state index >= 15 is 0 Å². The molecule has 4 nitrogen and oxygen atoms in total. The molecule has 1 heterocycles. The highest BCUT2D eigenvalue weighted by Gasteiger charge is 2.33. The van der Waals surface area contributed by atoms with Gasteiger partial charge in [0, 0.05) is 26.1 Å². The number of hydrazine groups is 1. The van der Waals surface area contributed by atoms with E-state index in [1.807, 2.05) is 84.8 Å². The highest BCUT2D eigenvalue weighted by molar-refractivity contribution is 6.06. The number of carbonyl (C=O) groups excluding carboxylic acids is 1. The average Bonchev–Trinajstić information content (AvgIpc) is 2.72. The molecule has 0 N–H and O–H groups in total. The topological polar surface area (TPSA) is 47.3 Å². The second-order valence-corrected chi connectivity index (χ2v) is 5.85. The van der Waals surface area contributed by atoms with Crippen LogP contribution in [0.2, 0.25) is 0 Å². The Bertz CT molecular complexity index is 806. The van der Waals surface area contributed by atoms with Crippen LogP contribution in [0, 0.1) is 11.3 Å². The minimum Gasteiger partial charge on any atom is -0.306 e. The van der Waals surface area contributed by atoms with E-state index < -0.39 is 0 Å². The first kappa shape index (κ1) is 16.0. The molecule has 4 heteroatoms. The molecular formula is C20H19N3O. The molecule has 24 heavy (non-hydrogen) atoms. The SMILES string of the molecule is CN1C(c2ccccc2)=C(C#N)C(=O)C[C@H](c2ccccc2)N1C. The van der Waals surface area contributed by atoms with E-state index in [0.717, 1.165) is 11.1 Å². The summed E-state index contributed by atoms with van der Waals surface area (Å²) in [5, 5.41) is 13.5. The summed E-state index contributed by atoms with van der Waals surface area (Å²) in [4.78, 5) is 12.8. The Kier molecular flexibility index (Phi) is 4.45. The number of rotatable bonds is 2. The van der Waals surface area contributed by atoms with Crippen molar-refractivity contribution in [3.8, 4) is 6.07 Å². The lowest BCUT2D eigenvalue weighted by atomic mass is 9.97. The first-order valence-corrected chi connectivity index (χ1v) is 7.88. The number of Topliss-reactive ketones (excluding diaryl/α,β-unsaturated/α-hetero) is 1. The lowest BCUT2D eigenvalue weighted by Gasteiger charge is -2.36. The molecular weight excluding hydrogens is 298 g/mol. The number of nitrogens with zero attached hydrogens (tertiary/aromatic N) is 3. The van der Waals surface area contributed by atoms with Crippen LogP contribution >= 0.6 is 0 Å². The van der Waals surface area contributed by atoms with Crippen LogP contribution in [0.25, 0.3) is 5.70 Å². The molecule has 3 rings (SSSR count). The fraction of sp³-hybridized carbons (Fsp3) is 0.200. The molecule has 0 aliphatic carbocycles. The normalized spacial score (nSPS) is 19.1. The zero-order valence-corrected chi connectivity index (χ0v) is 13.8. The third-order valence-corrected chi connectivity index (χ3v) is 4.49. The Balaban J connectivity index is 2.10. The number of benzene rings is 2. The Labute approximate surface area is 142 Å². The van der Waals surface area contributed by atoms with E-state index in [2.05, 4.69) is 6.07 Å². The molecule has 2 aromatic rings. The summed E-state index contributed by atoms with van der Waals surface area (Å²) in [6, 6.07) is 21.5. The molecule has 0 bridgehead atoms. The van der Waals surface area contributed by atoms with E-state index in [-0.39, 0.29) is 23.8 Å². The van der Waals surface area contributed by atoms with Gasteiger partial charge in [0.05, 0.1) is 11.7 Å². The lowest BCUT2D eigenvalue weighted by molar-refractivity contribution is -0.116. The van der Waals surface area contributed by atoms with Crippen LogP contribution in [0.1, 0.15) is 23.6 Å². The number of nitriles is 1. The van der Waals surface area contributed by atoms with Crippen molar-refractivity contribution in [1.82, 2.24) is 10.0 Å². The Hall–Kier alpha value is -2.90. The Morgan fingerprint density at radius 3 is 2.17 bits per heavy atom. The molecule has 0 spiro atoms. The average molecular weight is 317 g/mol. The van der Waals surface area contributed by atoms with Crippen LogP contribution in [0.4, 0.5) is 0 Å². The van der Waals surface area contributed by atoms with Gasteiger partial charge in [0.1, 0.15) is 11.6 Å². The van der Waals surface area contributed by atoms with Gasteiger partial charge in [-0.1, -0.05) is 60.7 Å². The van der Waals surface area contributed by atoms with Crippen LogP contribution in [0.15, 0.2) is 66.2 Å². The van der Waals surface area contributed by atoms with Gasteiger partial charge < -0.3 is 5.01 Å². The standard InChI is InChI=1S/C20H19N3O/c1-22-18(15-9-5-3-6-10-15)13-19(24)17(14-21)20(23(22)2)16-11-7-4-8-12-16/h3-12,18H,13H2,1-2H3/t18-/m1/s1. The van der Waals surface area contributed by atoms with Crippen molar-refractivity contribution in [3.05, 3.63) is 77.4 Å². The van der Waals surface area contributed by atoms with Gasteiger partial charge in [-0.25, -0.2) is 5.01 Å². The third-order valence-electron chi connectivity index (χ3n) is 4.49. The minimum absolute atomic E-state index is 0.103. The quantitative estimate of drug-likeness (QED) is 0.851.